The molecule has 0 radical (unpaired) electrons. The Hall–Kier alpha value is -3.74. The van der Waals surface area contributed by atoms with Crippen molar-refractivity contribution in [2.75, 3.05) is 17.2 Å². The van der Waals surface area contributed by atoms with Crippen molar-refractivity contribution in [1.82, 2.24) is 24.4 Å². The Balaban J connectivity index is 1.50. The van der Waals surface area contributed by atoms with E-state index in [4.69, 9.17) is 22.3 Å². The Morgan fingerprint density at radius 1 is 1.13 bits per heavy atom. The van der Waals surface area contributed by atoms with Crippen LogP contribution in [0.2, 0.25) is 5.02 Å². The quantitative estimate of drug-likeness (QED) is 0.317. The first kappa shape index (κ1) is 26.9. The summed E-state index contributed by atoms with van der Waals surface area (Å²) in [4.78, 5) is 38.4. The van der Waals surface area contributed by atoms with Crippen LogP contribution < -0.4 is 16.4 Å². The van der Waals surface area contributed by atoms with Crippen LogP contribution in [0.4, 0.5) is 31.2 Å². The first-order valence-electron chi connectivity index (χ1n) is 12.8. The van der Waals surface area contributed by atoms with Crippen LogP contribution in [0.3, 0.4) is 0 Å². The summed E-state index contributed by atoms with van der Waals surface area (Å²) in [5.74, 6) is -2.34. The fourth-order valence-corrected chi connectivity index (χ4v) is 5.67. The Labute approximate surface area is 227 Å². The predicted octanol–water partition coefficient (Wildman–Crippen LogP) is 4.66. The number of nitrogens with one attached hydrogen (secondary N) is 2. The highest BCUT2D eigenvalue weighted by Crippen LogP contribution is 2.37. The zero-order valence-corrected chi connectivity index (χ0v) is 22.0. The fraction of sp³-hybridized carbons (Fsp3) is 0.480. The number of imidazole rings is 1. The SMILES string of the molecule is CC1C(Nc2ncc3nc(Nc4ccc(Cl)c(F)c4F)n(C4CCC(C(N)=O)CC4)c3n2)CCCN1C(=O)O. The van der Waals surface area contributed by atoms with E-state index in [1.807, 2.05) is 11.5 Å². The van der Waals surface area contributed by atoms with E-state index >= 15 is 0 Å². The molecule has 1 saturated heterocycles. The lowest BCUT2D eigenvalue weighted by Gasteiger charge is -2.37. The van der Waals surface area contributed by atoms with Crippen molar-refractivity contribution in [1.29, 1.82) is 0 Å². The Morgan fingerprint density at radius 3 is 2.56 bits per heavy atom. The molecule has 2 unspecified atom stereocenters. The zero-order chi connectivity index (χ0) is 27.8. The number of carbonyl (C=O) groups excluding carboxylic acids is 1. The van der Waals surface area contributed by atoms with Gasteiger partial charge in [-0.25, -0.2) is 23.5 Å². The van der Waals surface area contributed by atoms with Crippen molar-refractivity contribution >= 4 is 52.3 Å². The Morgan fingerprint density at radius 2 is 1.87 bits per heavy atom. The maximum atomic E-state index is 14.7. The van der Waals surface area contributed by atoms with Gasteiger partial charge in [0.2, 0.25) is 17.8 Å². The zero-order valence-electron chi connectivity index (χ0n) is 21.2. The van der Waals surface area contributed by atoms with Crippen LogP contribution in [-0.4, -0.2) is 60.2 Å². The number of hydrogen-bond donors (Lipinski definition) is 4. The van der Waals surface area contributed by atoms with Crippen LogP contribution in [0.1, 0.15) is 51.5 Å². The number of benzene rings is 1. The number of amides is 2. The molecule has 208 valence electrons. The summed E-state index contributed by atoms with van der Waals surface area (Å²) < 4.78 is 30.7. The molecule has 2 atom stereocenters. The third kappa shape index (κ3) is 5.27. The molecule has 2 amide bonds. The van der Waals surface area contributed by atoms with E-state index < -0.39 is 17.7 Å². The first-order valence-corrected chi connectivity index (χ1v) is 13.2. The molecule has 11 nitrogen and oxygen atoms in total. The molecule has 1 aliphatic carbocycles. The molecule has 1 aromatic carbocycles. The molecule has 1 aliphatic heterocycles. The molecule has 5 rings (SSSR count). The van der Waals surface area contributed by atoms with Crippen molar-refractivity contribution in [3.05, 3.63) is 35.0 Å². The number of carboxylic acid groups (broad SMARTS) is 1. The number of piperidine rings is 1. The van der Waals surface area contributed by atoms with Crippen LogP contribution in [0, 0.1) is 17.6 Å². The van der Waals surface area contributed by atoms with Crippen molar-refractivity contribution in [2.24, 2.45) is 11.7 Å². The van der Waals surface area contributed by atoms with E-state index in [0.717, 1.165) is 6.42 Å². The molecule has 0 bridgehead atoms. The lowest BCUT2D eigenvalue weighted by molar-refractivity contribution is -0.122. The summed E-state index contributed by atoms with van der Waals surface area (Å²) >= 11 is 5.72. The van der Waals surface area contributed by atoms with Crippen LogP contribution in [-0.2, 0) is 4.79 Å². The Bertz CT molecular complexity index is 1410. The van der Waals surface area contributed by atoms with Gasteiger partial charge in [-0.3, -0.25) is 9.36 Å². The molecule has 2 aliphatic rings. The molecule has 39 heavy (non-hydrogen) atoms. The molecular formula is C25H29ClF2N8O3. The minimum Gasteiger partial charge on any atom is -0.465 e. The highest BCUT2D eigenvalue weighted by atomic mass is 35.5. The minimum atomic E-state index is -1.17. The summed E-state index contributed by atoms with van der Waals surface area (Å²) in [5, 5.41) is 15.3. The van der Waals surface area contributed by atoms with Gasteiger partial charge >= 0.3 is 6.09 Å². The van der Waals surface area contributed by atoms with E-state index in [0.29, 0.717) is 55.8 Å². The number of carbonyl (C=O) groups is 2. The topological polar surface area (TPSA) is 151 Å². The van der Waals surface area contributed by atoms with Gasteiger partial charge in [-0.1, -0.05) is 11.6 Å². The van der Waals surface area contributed by atoms with Gasteiger partial charge in [-0.15, -0.1) is 0 Å². The Kier molecular flexibility index (Phi) is 7.43. The number of rotatable bonds is 6. The summed E-state index contributed by atoms with van der Waals surface area (Å²) in [7, 11) is 0. The number of nitrogens with two attached hydrogens (primary N) is 1. The summed E-state index contributed by atoms with van der Waals surface area (Å²) in [6, 6.07) is 1.95. The number of anilines is 3. The second kappa shape index (κ2) is 10.8. The predicted molar refractivity (Wildman–Crippen MR) is 141 cm³/mol. The van der Waals surface area contributed by atoms with Crippen LogP contribution in [0.25, 0.3) is 11.2 Å². The van der Waals surface area contributed by atoms with Crippen molar-refractivity contribution < 1.29 is 23.5 Å². The largest absolute Gasteiger partial charge is 0.465 e. The smallest absolute Gasteiger partial charge is 0.407 e. The first-order chi connectivity index (χ1) is 18.6. The number of nitrogens with zero attached hydrogens (tertiary/aromatic N) is 5. The highest BCUT2D eigenvalue weighted by molar-refractivity contribution is 6.30. The molecule has 2 aromatic heterocycles. The van der Waals surface area contributed by atoms with E-state index in [-0.39, 0.29) is 46.6 Å². The standard InChI is InChI=1S/C25H29ClF2N8O3/c1-12-16(3-2-10-35(12)25(38)39)31-23-30-11-18-22(34-23)36(14-6-4-13(5-7-14)21(29)37)24(33-18)32-17-9-8-15(26)19(27)20(17)28/h8-9,11-14,16H,2-7,10H2,1H3,(H2,29,37)(H,32,33)(H,38,39)(H,30,31,34). The minimum absolute atomic E-state index is 0.143. The molecule has 5 N–H and O–H groups in total. The van der Waals surface area contributed by atoms with Crippen molar-refractivity contribution in [3.8, 4) is 0 Å². The normalized spacial score (nSPS) is 23.5. The average Bonchev–Trinajstić information content (AvgIpc) is 3.27. The second-order valence-corrected chi connectivity index (χ2v) is 10.5. The molecular weight excluding hydrogens is 534 g/mol. The van der Waals surface area contributed by atoms with Crippen molar-refractivity contribution in [3.63, 3.8) is 0 Å². The molecule has 14 heteroatoms. The molecule has 3 aromatic rings. The monoisotopic (exact) mass is 562 g/mol. The maximum absolute atomic E-state index is 14.7. The highest BCUT2D eigenvalue weighted by Gasteiger charge is 2.32. The maximum Gasteiger partial charge on any atom is 0.407 e. The summed E-state index contributed by atoms with van der Waals surface area (Å²) in [6.45, 7) is 2.30. The average molecular weight is 563 g/mol. The lowest BCUT2D eigenvalue weighted by atomic mass is 9.85. The number of halogens is 3. The van der Waals surface area contributed by atoms with Gasteiger partial charge in [0, 0.05) is 24.5 Å². The van der Waals surface area contributed by atoms with Gasteiger partial charge in [0.15, 0.2) is 17.3 Å². The summed E-state index contributed by atoms with van der Waals surface area (Å²) in [5.41, 5.74) is 6.27. The van der Waals surface area contributed by atoms with Crippen molar-refractivity contribution in [2.45, 2.75) is 63.6 Å². The van der Waals surface area contributed by atoms with Gasteiger partial charge in [-0.2, -0.15) is 4.98 Å². The van der Waals surface area contributed by atoms with Gasteiger partial charge in [0.25, 0.3) is 0 Å². The molecule has 2 fully saturated rings. The number of primary amides is 1. The third-order valence-electron chi connectivity index (χ3n) is 7.73. The number of fused-ring (bicyclic) bond motifs is 1. The van der Waals surface area contributed by atoms with Crippen LogP contribution in [0.5, 0.6) is 0 Å². The molecule has 3 heterocycles. The number of hydrogen-bond acceptors (Lipinski definition) is 7. The van der Waals surface area contributed by atoms with Gasteiger partial charge in [-0.05, 0) is 57.6 Å². The fourth-order valence-electron chi connectivity index (χ4n) is 5.53. The number of likely N-dealkylation sites (tertiary alicyclic amines) is 1. The van der Waals surface area contributed by atoms with E-state index in [9.17, 15) is 23.5 Å². The summed E-state index contributed by atoms with van der Waals surface area (Å²) in [6.07, 6.45) is 4.36. The van der Waals surface area contributed by atoms with Gasteiger partial charge in [0.1, 0.15) is 5.52 Å². The van der Waals surface area contributed by atoms with E-state index in [1.54, 1.807) is 0 Å². The van der Waals surface area contributed by atoms with E-state index in [2.05, 4.69) is 20.6 Å². The second-order valence-electron chi connectivity index (χ2n) is 10.1. The molecule has 1 saturated carbocycles. The van der Waals surface area contributed by atoms with Gasteiger partial charge < -0.3 is 26.4 Å². The van der Waals surface area contributed by atoms with Crippen LogP contribution in [0.15, 0.2) is 18.3 Å². The lowest BCUT2D eigenvalue weighted by Crippen LogP contribution is -2.51. The third-order valence-corrected chi connectivity index (χ3v) is 8.02. The van der Waals surface area contributed by atoms with Gasteiger partial charge in [0.05, 0.1) is 22.9 Å². The molecule has 0 spiro atoms. The number of aromatic nitrogens is 4. The van der Waals surface area contributed by atoms with E-state index in [1.165, 1.54) is 23.2 Å². The van der Waals surface area contributed by atoms with Crippen LogP contribution >= 0.6 is 11.6 Å².